The van der Waals surface area contributed by atoms with Crippen LogP contribution in [0.3, 0.4) is 0 Å². The molecule has 0 spiro atoms. The van der Waals surface area contributed by atoms with Gasteiger partial charge < -0.3 is 4.52 Å². The van der Waals surface area contributed by atoms with Crippen LogP contribution in [0.25, 0.3) is 22.3 Å². The predicted octanol–water partition coefficient (Wildman–Crippen LogP) is 5.01. The monoisotopic (exact) mass is 347 g/mol. The maximum absolute atomic E-state index is 5.34. The van der Waals surface area contributed by atoms with E-state index in [1.165, 1.54) is 5.39 Å². The Morgan fingerprint density at radius 1 is 0.840 bits per heavy atom. The molecule has 0 radical (unpaired) electrons. The lowest BCUT2D eigenvalue weighted by Gasteiger charge is -2.02. The van der Waals surface area contributed by atoms with E-state index in [0.717, 1.165) is 34.7 Å². The number of rotatable bonds is 6. The van der Waals surface area contributed by atoms with Gasteiger partial charge in [-0.15, -0.1) is 11.8 Å². The number of pyridine rings is 1. The van der Waals surface area contributed by atoms with Gasteiger partial charge in [-0.25, -0.2) is 4.98 Å². The molecule has 0 aliphatic carbocycles. The zero-order valence-electron chi connectivity index (χ0n) is 13.6. The van der Waals surface area contributed by atoms with Gasteiger partial charge in [-0.1, -0.05) is 59.8 Å². The van der Waals surface area contributed by atoms with E-state index in [0.29, 0.717) is 11.7 Å². The van der Waals surface area contributed by atoms with Gasteiger partial charge in [0.05, 0.1) is 10.5 Å². The number of benzene rings is 2. The number of fused-ring (bicyclic) bond motifs is 1. The average molecular weight is 347 g/mol. The minimum absolute atomic E-state index is 0.652. The number of thioether (sulfide) groups is 1. The predicted molar refractivity (Wildman–Crippen MR) is 101 cm³/mol. The molecule has 0 saturated heterocycles. The summed E-state index contributed by atoms with van der Waals surface area (Å²) in [5.74, 6) is 2.30. The second-order valence-electron chi connectivity index (χ2n) is 5.67. The summed E-state index contributed by atoms with van der Waals surface area (Å²) in [5.41, 5.74) is 2.02. The lowest BCUT2D eigenvalue weighted by Crippen LogP contribution is -1.90. The van der Waals surface area contributed by atoms with Crippen molar-refractivity contribution in [2.45, 2.75) is 17.9 Å². The lowest BCUT2D eigenvalue weighted by molar-refractivity contribution is 0.378. The summed E-state index contributed by atoms with van der Waals surface area (Å²) in [6.45, 7) is 0. The summed E-state index contributed by atoms with van der Waals surface area (Å²) >= 11 is 1.76. The van der Waals surface area contributed by atoms with E-state index in [9.17, 15) is 0 Å². The molecule has 0 saturated carbocycles. The highest BCUT2D eigenvalue weighted by atomic mass is 32.2. The molecule has 0 N–H and O–H groups in total. The van der Waals surface area contributed by atoms with Crippen molar-refractivity contribution in [1.82, 2.24) is 15.1 Å². The Morgan fingerprint density at radius 2 is 1.68 bits per heavy atom. The fourth-order valence-corrected chi connectivity index (χ4v) is 3.41. The largest absolute Gasteiger partial charge is 0.339 e. The van der Waals surface area contributed by atoms with Crippen molar-refractivity contribution in [3.05, 3.63) is 72.6 Å². The Labute approximate surface area is 150 Å². The van der Waals surface area contributed by atoms with Crippen molar-refractivity contribution in [3.8, 4) is 11.4 Å². The van der Waals surface area contributed by atoms with Gasteiger partial charge in [0.1, 0.15) is 0 Å². The first-order valence-electron chi connectivity index (χ1n) is 8.25. The minimum Gasteiger partial charge on any atom is -0.339 e. The molecule has 2 aromatic carbocycles. The van der Waals surface area contributed by atoms with Crippen molar-refractivity contribution in [2.24, 2.45) is 0 Å². The molecule has 2 heterocycles. The highest BCUT2D eigenvalue weighted by Crippen LogP contribution is 2.21. The third kappa shape index (κ3) is 3.88. The van der Waals surface area contributed by atoms with Gasteiger partial charge in [0.25, 0.3) is 0 Å². The van der Waals surface area contributed by atoms with Crippen LogP contribution >= 0.6 is 11.8 Å². The molecule has 5 heteroatoms. The molecule has 0 aliphatic heterocycles. The van der Waals surface area contributed by atoms with Gasteiger partial charge in [0, 0.05) is 17.4 Å². The fourth-order valence-electron chi connectivity index (χ4n) is 2.59. The van der Waals surface area contributed by atoms with Crippen LogP contribution in [0.15, 0.2) is 76.3 Å². The van der Waals surface area contributed by atoms with Gasteiger partial charge in [0.2, 0.25) is 11.7 Å². The minimum atomic E-state index is 0.652. The molecular weight excluding hydrogens is 330 g/mol. The number of aromatic nitrogens is 3. The SMILES string of the molecule is c1ccc(-c2noc(CCCSc3ccc4ccccc4n3)n2)cc1. The molecule has 0 unspecified atom stereocenters. The van der Waals surface area contributed by atoms with Crippen LogP contribution in [-0.2, 0) is 6.42 Å². The molecule has 0 bridgehead atoms. The number of hydrogen-bond donors (Lipinski definition) is 0. The van der Waals surface area contributed by atoms with Gasteiger partial charge in [-0.3, -0.25) is 0 Å². The number of hydrogen-bond acceptors (Lipinski definition) is 5. The van der Waals surface area contributed by atoms with E-state index in [-0.39, 0.29) is 0 Å². The van der Waals surface area contributed by atoms with E-state index in [1.54, 1.807) is 11.8 Å². The first-order valence-corrected chi connectivity index (χ1v) is 9.24. The lowest BCUT2D eigenvalue weighted by atomic mass is 10.2. The second kappa shape index (κ2) is 7.49. The van der Waals surface area contributed by atoms with Crippen molar-refractivity contribution in [3.63, 3.8) is 0 Å². The van der Waals surface area contributed by atoms with Crippen LogP contribution < -0.4 is 0 Å². The smallest absolute Gasteiger partial charge is 0.226 e. The van der Waals surface area contributed by atoms with Crippen molar-refractivity contribution in [1.29, 1.82) is 0 Å². The molecule has 25 heavy (non-hydrogen) atoms. The van der Waals surface area contributed by atoms with Gasteiger partial charge in [-0.05, 0) is 24.3 Å². The van der Waals surface area contributed by atoms with Crippen molar-refractivity contribution < 1.29 is 4.52 Å². The molecule has 0 fully saturated rings. The average Bonchev–Trinajstić information content (AvgIpc) is 3.15. The summed E-state index contributed by atoms with van der Waals surface area (Å²) in [5, 5.41) is 6.27. The van der Waals surface area contributed by atoms with E-state index in [2.05, 4.69) is 33.3 Å². The zero-order chi connectivity index (χ0) is 16.9. The number of aryl methyl sites for hydroxylation is 1. The number of para-hydroxylation sites is 1. The molecule has 0 atom stereocenters. The molecule has 4 nitrogen and oxygen atoms in total. The van der Waals surface area contributed by atoms with Crippen LogP contribution in [0.4, 0.5) is 0 Å². The van der Waals surface area contributed by atoms with Crippen molar-refractivity contribution >= 4 is 22.7 Å². The molecule has 4 rings (SSSR count). The summed E-state index contributed by atoms with van der Waals surface area (Å²) in [6, 6.07) is 22.3. The Morgan fingerprint density at radius 3 is 2.60 bits per heavy atom. The molecular formula is C20H17N3OS. The Bertz CT molecular complexity index is 969. The molecule has 0 aliphatic rings. The van der Waals surface area contributed by atoms with Crippen LogP contribution in [0.1, 0.15) is 12.3 Å². The fraction of sp³-hybridized carbons (Fsp3) is 0.150. The third-order valence-electron chi connectivity index (χ3n) is 3.86. The normalized spacial score (nSPS) is 11.0. The zero-order valence-corrected chi connectivity index (χ0v) is 14.4. The topological polar surface area (TPSA) is 51.8 Å². The summed E-state index contributed by atoms with van der Waals surface area (Å²) in [6.07, 6.45) is 1.75. The van der Waals surface area contributed by atoms with E-state index in [4.69, 9.17) is 4.52 Å². The molecule has 0 amide bonds. The third-order valence-corrected chi connectivity index (χ3v) is 4.87. The standard InChI is InChI=1S/C20H17N3OS/c1-2-8-16(9-3-1)20-22-18(24-23-20)11-6-14-25-19-13-12-15-7-4-5-10-17(15)21-19/h1-5,7-10,12-13H,6,11,14H2. The van der Waals surface area contributed by atoms with E-state index < -0.39 is 0 Å². The first-order chi connectivity index (χ1) is 12.4. The van der Waals surface area contributed by atoms with Gasteiger partial charge in [-0.2, -0.15) is 4.98 Å². The van der Waals surface area contributed by atoms with Crippen LogP contribution in [0, 0.1) is 0 Å². The van der Waals surface area contributed by atoms with E-state index in [1.807, 2.05) is 48.5 Å². The highest BCUT2D eigenvalue weighted by Gasteiger charge is 2.08. The Balaban J connectivity index is 1.31. The van der Waals surface area contributed by atoms with Crippen LogP contribution in [0.5, 0.6) is 0 Å². The van der Waals surface area contributed by atoms with Gasteiger partial charge >= 0.3 is 0 Å². The highest BCUT2D eigenvalue weighted by molar-refractivity contribution is 7.99. The summed E-state index contributed by atoms with van der Waals surface area (Å²) < 4.78 is 5.34. The maximum atomic E-state index is 5.34. The summed E-state index contributed by atoms with van der Waals surface area (Å²) in [4.78, 5) is 9.14. The second-order valence-corrected chi connectivity index (χ2v) is 6.79. The van der Waals surface area contributed by atoms with Crippen LogP contribution in [-0.4, -0.2) is 20.9 Å². The Kier molecular flexibility index (Phi) is 4.74. The van der Waals surface area contributed by atoms with Gasteiger partial charge in [0.15, 0.2) is 0 Å². The van der Waals surface area contributed by atoms with E-state index >= 15 is 0 Å². The number of nitrogens with zero attached hydrogens (tertiary/aromatic N) is 3. The first kappa shape index (κ1) is 15.8. The van der Waals surface area contributed by atoms with Crippen LogP contribution in [0.2, 0.25) is 0 Å². The molecule has 4 aromatic rings. The maximum Gasteiger partial charge on any atom is 0.226 e. The quantitative estimate of drug-likeness (QED) is 0.362. The molecule has 124 valence electrons. The molecule has 2 aromatic heterocycles. The van der Waals surface area contributed by atoms with Crippen molar-refractivity contribution in [2.75, 3.05) is 5.75 Å². The Hall–Kier alpha value is -2.66. The summed E-state index contributed by atoms with van der Waals surface area (Å²) in [7, 11) is 0.